The van der Waals surface area contributed by atoms with Crippen LogP contribution in [0, 0.1) is 13.8 Å². The molecule has 0 radical (unpaired) electrons. The van der Waals surface area contributed by atoms with E-state index >= 15 is 0 Å². The number of aryl methyl sites for hydroxylation is 2. The Hall–Kier alpha value is -2.51. The number of nitrogens with zero attached hydrogens (tertiary/aromatic N) is 6. The van der Waals surface area contributed by atoms with Crippen LogP contribution in [0.25, 0.3) is 0 Å². The zero-order chi connectivity index (χ0) is 16.4. The van der Waals surface area contributed by atoms with E-state index in [1.807, 2.05) is 20.0 Å². The Kier molecular flexibility index (Phi) is 4.22. The number of piperidine rings is 1. The van der Waals surface area contributed by atoms with Crippen molar-refractivity contribution in [1.29, 1.82) is 0 Å². The molecule has 1 aliphatic heterocycles. The highest BCUT2D eigenvalue weighted by molar-refractivity contribution is 5.86. The summed E-state index contributed by atoms with van der Waals surface area (Å²) in [5, 5.41) is 7.94. The second-order valence-electron chi connectivity index (χ2n) is 5.76. The molecule has 8 heteroatoms. The van der Waals surface area contributed by atoms with Crippen molar-refractivity contribution in [2.75, 3.05) is 25.1 Å². The topological polar surface area (TPSA) is 86.0 Å². The molecule has 8 nitrogen and oxygen atoms in total. The number of rotatable bonds is 3. The number of hydrogen-bond donors (Lipinski definition) is 0. The number of anilines is 1. The van der Waals surface area contributed by atoms with Crippen molar-refractivity contribution in [3.63, 3.8) is 0 Å². The third-order valence-corrected chi connectivity index (χ3v) is 4.17. The maximum absolute atomic E-state index is 11.5. The van der Waals surface area contributed by atoms with E-state index in [4.69, 9.17) is 0 Å². The third kappa shape index (κ3) is 3.15. The number of methoxy groups -OCH3 is 1. The molecule has 1 aliphatic rings. The monoisotopic (exact) mass is 316 g/mol. The van der Waals surface area contributed by atoms with E-state index in [9.17, 15) is 4.79 Å². The molecular weight excluding hydrogens is 296 g/mol. The lowest BCUT2D eigenvalue weighted by molar-refractivity contribution is 0.0594. The molecule has 1 saturated heterocycles. The highest BCUT2D eigenvalue weighted by atomic mass is 16.5. The lowest BCUT2D eigenvalue weighted by Gasteiger charge is -2.32. The fourth-order valence-corrected chi connectivity index (χ4v) is 2.67. The first-order valence-corrected chi connectivity index (χ1v) is 7.64. The minimum Gasteiger partial charge on any atom is -0.464 e. The fraction of sp³-hybridized carbons (Fsp3) is 0.533. The zero-order valence-electron chi connectivity index (χ0n) is 13.6. The van der Waals surface area contributed by atoms with E-state index in [-0.39, 0.29) is 11.7 Å². The van der Waals surface area contributed by atoms with E-state index in [0.717, 1.165) is 43.1 Å². The molecule has 0 spiro atoms. The first-order valence-electron chi connectivity index (χ1n) is 7.64. The summed E-state index contributed by atoms with van der Waals surface area (Å²) in [5.41, 5.74) is 2.30. The second kappa shape index (κ2) is 6.31. The van der Waals surface area contributed by atoms with Crippen LogP contribution in [0.2, 0.25) is 0 Å². The van der Waals surface area contributed by atoms with Gasteiger partial charge >= 0.3 is 5.97 Å². The highest BCUT2D eigenvalue weighted by Crippen LogP contribution is 2.24. The molecule has 2 aromatic rings. The van der Waals surface area contributed by atoms with E-state index < -0.39 is 5.97 Å². The molecule has 0 aromatic carbocycles. The van der Waals surface area contributed by atoms with Crippen LogP contribution in [0.3, 0.4) is 0 Å². The van der Waals surface area contributed by atoms with E-state index in [1.165, 1.54) is 7.11 Å². The number of aromatic nitrogens is 5. The predicted octanol–water partition coefficient (Wildman–Crippen LogP) is 1.31. The Morgan fingerprint density at radius 1 is 1.39 bits per heavy atom. The van der Waals surface area contributed by atoms with Crippen LogP contribution in [0.4, 0.5) is 5.95 Å². The summed E-state index contributed by atoms with van der Waals surface area (Å²) in [5.74, 6) is 0.271. The Bertz CT molecular complexity index is 714. The molecule has 0 N–H and O–H groups in total. The van der Waals surface area contributed by atoms with Gasteiger partial charge in [0.1, 0.15) is 0 Å². The predicted molar refractivity (Wildman–Crippen MR) is 83.4 cm³/mol. The van der Waals surface area contributed by atoms with E-state index in [0.29, 0.717) is 0 Å². The molecule has 2 aromatic heterocycles. The number of carbonyl (C=O) groups excluding carboxylic acids is 1. The first-order chi connectivity index (χ1) is 11.1. The van der Waals surface area contributed by atoms with Crippen molar-refractivity contribution in [2.45, 2.75) is 32.7 Å². The highest BCUT2D eigenvalue weighted by Gasteiger charge is 2.25. The summed E-state index contributed by atoms with van der Waals surface area (Å²) < 4.78 is 6.40. The van der Waals surface area contributed by atoms with Crippen molar-refractivity contribution in [3.05, 3.63) is 29.3 Å². The van der Waals surface area contributed by atoms with Gasteiger partial charge in [-0.15, -0.1) is 5.10 Å². The van der Waals surface area contributed by atoms with Crippen LogP contribution in [-0.4, -0.2) is 51.1 Å². The van der Waals surface area contributed by atoms with Gasteiger partial charge in [-0.2, -0.15) is 0 Å². The Morgan fingerprint density at radius 3 is 2.96 bits per heavy atom. The van der Waals surface area contributed by atoms with Crippen LogP contribution >= 0.6 is 0 Å². The lowest BCUT2D eigenvalue weighted by Crippen LogP contribution is -2.38. The lowest BCUT2D eigenvalue weighted by atomic mass is 10.1. The van der Waals surface area contributed by atoms with Gasteiger partial charge in [0.25, 0.3) is 0 Å². The van der Waals surface area contributed by atoms with Crippen LogP contribution < -0.4 is 4.90 Å². The van der Waals surface area contributed by atoms with Gasteiger partial charge in [-0.3, -0.25) is 0 Å². The SMILES string of the molecule is COC(=O)c1cn(C2CCCN(c3ncc(C)c(C)n3)C2)nn1. The summed E-state index contributed by atoms with van der Waals surface area (Å²) >= 11 is 0. The molecule has 1 atom stereocenters. The zero-order valence-corrected chi connectivity index (χ0v) is 13.6. The Balaban J connectivity index is 1.76. The van der Waals surface area contributed by atoms with Gasteiger partial charge < -0.3 is 9.64 Å². The molecule has 3 rings (SSSR count). The minimum atomic E-state index is -0.471. The van der Waals surface area contributed by atoms with Crippen molar-refractivity contribution in [2.24, 2.45) is 0 Å². The van der Waals surface area contributed by atoms with Crippen molar-refractivity contribution in [1.82, 2.24) is 25.0 Å². The smallest absolute Gasteiger partial charge is 0.360 e. The largest absolute Gasteiger partial charge is 0.464 e. The van der Waals surface area contributed by atoms with Crippen molar-refractivity contribution in [3.8, 4) is 0 Å². The number of ether oxygens (including phenoxy) is 1. The molecule has 0 bridgehead atoms. The standard InChI is InChI=1S/C15H20N6O2/c1-10-7-16-15(17-11(10)2)20-6-4-5-12(8-20)21-9-13(18-19-21)14(22)23-3/h7,9,12H,4-6,8H2,1-3H3. The molecule has 1 fully saturated rings. The Morgan fingerprint density at radius 2 is 2.22 bits per heavy atom. The van der Waals surface area contributed by atoms with Gasteiger partial charge in [-0.25, -0.2) is 19.4 Å². The summed E-state index contributed by atoms with van der Waals surface area (Å²) in [6.07, 6.45) is 5.48. The van der Waals surface area contributed by atoms with Crippen LogP contribution in [0.5, 0.6) is 0 Å². The van der Waals surface area contributed by atoms with Crippen LogP contribution in [0.15, 0.2) is 12.4 Å². The molecule has 0 aliphatic carbocycles. The van der Waals surface area contributed by atoms with Gasteiger partial charge in [0.2, 0.25) is 5.95 Å². The van der Waals surface area contributed by atoms with E-state index in [2.05, 4.69) is 29.9 Å². The molecule has 1 unspecified atom stereocenters. The van der Waals surface area contributed by atoms with Crippen molar-refractivity contribution >= 4 is 11.9 Å². The van der Waals surface area contributed by atoms with Gasteiger partial charge in [0, 0.05) is 25.0 Å². The Labute approximate surface area is 134 Å². The summed E-state index contributed by atoms with van der Waals surface area (Å²) in [6.45, 7) is 5.65. The summed E-state index contributed by atoms with van der Waals surface area (Å²) in [4.78, 5) is 22.6. The van der Waals surface area contributed by atoms with Gasteiger partial charge in [0.15, 0.2) is 5.69 Å². The van der Waals surface area contributed by atoms with Gasteiger partial charge in [0.05, 0.1) is 19.3 Å². The maximum Gasteiger partial charge on any atom is 0.360 e. The van der Waals surface area contributed by atoms with Gasteiger partial charge in [-0.1, -0.05) is 5.21 Å². The number of carbonyl (C=O) groups is 1. The van der Waals surface area contributed by atoms with Gasteiger partial charge in [-0.05, 0) is 32.3 Å². The van der Waals surface area contributed by atoms with Crippen LogP contribution in [-0.2, 0) is 4.74 Å². The van der Waals surface area contributed by atoms with Crippen LogP contribution in [0.1, 0.15) is 40.6 Å². The summed E-state index contributed by atoms with van der Waals surface area (Å²) in [7, 11) is 1.33. The minimum absolute atomic E-state index is 0.139. The second-order valence-corrected chi connectivity index (χ2v) is 5.76. The molecule has 3 heterocycles. The fourth-order valence-electron chi connectivity index (χ4n) is 2.67. The average molecular weight is 316 g/mol. The normalized spacial score (nSPS) is 18.0. The third-order valence-electron chi connectivity index (χ3n) is 4.17. The molecule has 122 valence electrons. The van der Waals surface area contributed by atoms with Crippen molar-refractivity contribution < 1.29 is 9.53 Å². The summed E-state index contributed by atoms with van der Waals surface area (Å²) in [6, 6.07) is 0.139. The quantitative estimate of drug-likeness (QED) is 0.789. The number of esters is 1. The van der Waals surface area contributed by atoms with E-state index in [1.54, 1.807) is 10.9 Å². The molecule has 0 amide bonds. The first kappa shape index (κ1) is 15.4. The molecular formula is C15H20N6O2. The number of hydrogen-bond acceptors (Lipinski definition) is 7. The molecule has 23 heavy (non-hydrogen) atoms. The maximum atomic E-state index is 11.5. The molecule has 0 saturated carbocycles. The average Bonchev–Trinajstić information content (AvgIpc) is 3.07.